The Hall–Kier alpha value is -5.31. The predicted molar refractivity (Wildman–Crippen MR) is 161 cm³/mol. The summed E-state index contributed by atoms with van der Waals surface area (Å²) in [5.74, 6) is -0.879. The molecular weight excluding hydrogens is 530 g/mol. The topological polar surface area (TPSA) is 126 Å². The molecule has 3 N–H and O–H groups in total. The summed E-state index contributed by atoms with van der Waals surface area (Å²) in [6.07, 6.45) is 8.64. The van der Waals surface area contributed by atoms with Crippen LogP contribution >= 0.6 is 0 Å². The molecule has 2 amide bonds. The molecule has 1 fully saturated rings. The molecule has 6 rings (SSSR count). The molecule has 2 aromatic heterocycles. The Morgan fingerprint density at radius 2 is 1.43 bits per heavy atom. The predicted octanol–water partition coefficient (Wildman–Crippen LogP) is 6.81. The molecule has 9 nitrogen and oxygen atoms in total. The third kappa shape index (κ3) is 5.49. The van der Waals surface area contributed by atoms with Gasteiger partial charge in [0.2, 0.25) is 0 Å². The van der Waals surface area contributed by atoms with Crippen LogP contribution in [0.4, 0.5) is 11.4 Å². The van der Waals surface area contributed by atoms with Gasteiger partial charge in [-0.2, -0.15) is 0 Å². The number of hydrogen-bond acceptors (Lipinski definition) is 5. The lowest BCUT2D eigenvalue weighted by atomic mass is 9.94. The van der Waals surface area contributed by atoms with E-state index in [2.05, 4.69) is 20.2 Å². The minimum absolute atomic E-state index is 0.200. The smallest absolute Gasteiger partial charge is 0.335 e. The van der Waals surface area contributed by atoms with Crippen molar-refractivity contribution in [2.45, 2.75) is 38.1 Å². The van der Waals surface area contributed by atoms with Crippen molar-refractivity contribution >= 4 is 40.2 Å². The third-order valence-electron chi connectivity index (χ3n) is 7.63. The second kappa shape index (κ2) is 11.7. The number of aromatic carboxylic acids is 1. The fourth-order valence-electron chi connectivity index (χ4n) is 5.50. The summed E-state index contributed by atoms with van der Waals surface area (Å²) in [4.78, 5) is 46.3. The van der Waals surface area contributed by atoms with Crippen molar-refractivity contribution in [2.75, 3.05) is 10.6 Å². The lowest BCUT2D eigenvalue weighted by molar-refractivity contribution is 0.0696. The van der Waals surface area contributed by atoms with E-state index in [9.17, 15) is 19.5 Å². The van der Waals surface area contributed by atoms with Gasteiger partial charge in [-0.1, -0.05) is 43.5 Å². The van der Waals surface area contributed by atoms with Crippen molar-refractivity contribution in [3.8, 4) is 11.4 Å². The maximum Gasteiger partial charge on any atom is 0.335 e. The number of nitrogens with zero attached hydrogens (tertiary/aromatic N) is 3. The second-order valence-electron chi connectivity index (χ2n) is 10.4. The van der Waals surface area contributed by atoms with E-state index in [4.69, 9.17) is 4.98 Å². The van der Waals surface area contributed by atoms with Gasteiger partial charge in [-0.25, -0.2) is 9.78 Å². The van der Waals surface area contributed by atoms with Crippen LogP contribution in [0, 0.1) is 0 Å². The number of imidazole rings is 1. The van der Waals surface area contributed by atoms with Crippen LogP contribution in [0.5, 0.6) is 0 Å². The van der Waals surface area contributed by atoms with E-state index < -0.39 is 5.97 Å². The maximum absolute atomic E-state index is 13.2. The number of para-hydroxylation sites is 2. The molecule has 42 heavy (non-hydrogen) atoms. The number of fused-ring (bicyclic) bond motifs is 1. The van der Waals surface area contributed by atoms with Gasteiger partial charge in [0, 0.05) is 29.6 Å². The van der Waals surface area contributed by atoms with Gasteiger partial charge in [-0.15, -0.1) is 0 Å². The number of carbonyl (C=O) groups excluding carboxylic acids is 2. The Labute approximate surface area is 242 Å². The highest BCUT2D eigenvalue weighted by Crippen LogP contribution is 2.36. The van der Waals surface area contributed by atoms with Crippen LogP contribution in [0.25, 0.3) is 22.4 Å². The van der Waals surface area contributed by atoms with Crippen LogP contribution in [-0.2, 0) is 0 Å². The Morgan fingerprint density at radius 3 is 2.07 bits per heavy atom. The van der Waals surface area contributed by atoms with E-state index in [-0.39, 0.29) is 23.4 Å². The van der Waals surface area contributed by atoms with Crippen molar-refractivity contribution in [2.24, 2.45) is 0 Å². The fraction of sp³-hybridized carbons (Fsp3) is 0.182. The molecule has 2 heterocycles. The van der Waals surface area contributed by atoms with Gasteiger partial charge in [0.05, 0.1) is 33.5 Å². The van der Waals surface area contributed by atoms with Gasteiger partial charge in [0.15, 0.2) is 0 Å². The molecule has 1 aliphatic rings. The normalized spacial score (nSPS) is 13.5. The van der Waals surface area contributed by atoms with Gasteiger partial charge >= 0.3 is 5.97 Å². The van der Waals surface area contributed by atoms with E-state index in [1.54, 1.807) is 66.9 Å². The molecular formula is C33H29N5O4. The molecule has 0 bridgehead atoms. The molecule has 1 saturated carbocycles. The van der Waals surface area contributed by atoms with E-state index >= 15 is 0 Å². The lowest BCUT2D eigenvalue weighted by Crippen LogP contribution is -2.17. The number of carbonyl (C=O) groups is 3. The molecule has 5 aromatic rings. The molecule has 210 valence electrons. The van der Waals surface area contributed by atoms with Crippen LogP contribution in [0.2, 0.25) is 0 Å². The highest BCUT2D eigenvalue weighted by molar-refractivity contribution is 6.10. The van der Waals surface area contributed by atoms with Crippen molar-refractivity contribution < 1.29 is 19.5 Å². The van der Waals surface area contributed by atoms with Crippen molar-refractivity contribution in [1.82, 2.24) is 14.5 Å². The monoisotopic (exact) mass is 559 g/mol. The Balaban J connectivity index is 1.26. The number of aromatic nitrogens is 3. The first-order chi connectivity index (χ1) is 20.5. The molecule has 1 aliphatic carbocycles. The van der Waals surface area contributed by atoms with Crippen LogP contribution in [0.15, 0.2) is 91.3 Å². The van der Waals surface area contributed by atoms with E-state index in [0.717, 1.165) is 42.6 Å². The molecule has 0 aliphatic heterocycles. The SMILES string of the molecule is O=C(O)c1ccc2c(c1)nc(-c1ccc(C(=O)Nc3ccccc3NC(=O)c3cccnc3)cc1)n2C1CCCCC1. The van der Waals surface area contributed by atoms with E-state index in [1.807, 2.05) is 18.2 Å². The van der Waals surface area contributed by atoms with Gasteiger partial charge < -0.3 is 20.3 Å². The van der Waals surface area contributed by atoms with Crippen LogP contribution in [0.1, 0.15) is 69.2 Å². The number of amides is 2. The number of carboxylic acids is 1. The van der Waals surface area contributed by atoms with Gasteiger partial charge in [0.1, 0.15) is 5.82 Å². The summed E-state index contributed by atoms with van der Waals surface area (Å²) < 4.78 is 2.23. The molecule has 3 aromatic carbocycles. The number of hydrogen-bond donors (Lipinski definition) is 3. The first-order valence-corrected chi connectivity index (χ1v) is 14.0. The summed E-state index contributed by atoms with van der Waals surface area (Å²) >= 11 is 0. The van der Waals surface area contributed by atoms with E-state index in [0.29, 0.717) is 28.0 Å². The summed E-state index contributed by atoms with van der Waals surface area (Å²) in [7, 11) is 0. The largest absolute Gasteiger partial charge is 0.478 e. The molecule has 9 heteroatoms. The second-order valence-corrected chi connectivity index (χ2v) is 10.4. The Kier molecular flexibility index (Phi) is 7.47. The van der Waals surface area contributed by atoms with Crippen molar-refractivity contribution in [1.29, 1.82) is 0 Å². The number of pyridine rings is 1. The van der Waals surface area contributed by atoms with Crippen LogP contribution < -0.4 is 10.6 Å². The van der Waals surface area contributed by atoms with Crippen molar-refractivity contribution in [3.63, 3.8) is 0 Å². The fourth-order valence-corrected chi connectivity index (χ4v) is 5.50. The molecule has 0 unspecified atom stereocenters. The Morgan fingerprint density at radius 1 is 0.762 bits per heavy atom. The number of anilines is 2. The maximum atomic E-state index is 13.2. The number of carboxylic acid groups (broad SMARTS) is 1. The number of nitrogens with one attached hydrogen (secondary N) is 2. The van der Waals surface area contributed by atoms with Gasteiger partial charge in [-0.05, 0) is 67.4 Å². The third-order valence-corrected chi connectivity index (χ3v) is 7.63. The number of benzene rings is 3. The summed E-state index contributed by atoms with van der Waals surface area (Å²) in [5.41, 5.74) is 4.39. The van der Waals surface area contributed by atoms with Crippen molar-refractivity contribution in [3.05, 3.63) is 108 Å². The van der Waals surface area contributed by atoms with E-state index in [1.165, 1.54) is 12.6 Å². The highest BCUT2D eigenvalue weighted by atomic mass is 16.4. The first-order valence-electron chi connectivity index (χ1n) is 14.0. The quantitative estimate of drug-likeness (QED) is 0.201. The zero-order chi connectivity index (χ0) is 29.1. The molecule has 0 radical (unpaired) electrons. The minimum atomic E-state index is -0.987. The zero-order valence-electron chi connectivity index (χ0n) is 22.8. The van der Waals surface area contributed by atoms with Crippen LogP contribution in [-0.4, -0.2) is 37.4 Å². The Bertz CT molecular complexity index is 1770. The average Bonchev–Trinajstić information content (AvgIpc) is 3.42. The van der Waals surface area contributed by atoms with Gasteiger partial charge in [-0.3, -0.25) is 14.6 Å². The summed E-state index contributed by atoms with van der Waals surface area (Å²) in [6, 6.07) is 22.9. The minimum Gasteiger partial charge on any atom is -0.478 e. The zero-order valence-corrected chi connectivity index (χ0v) is 22.8. The highest BCUT2D eigenvalue weighted by Gasteiger charge is 2.23. The average molecular weight is 560 g/mol. The summed E-state index contributed by atoms with van der Waals surface area (Å²) in [6.45, 7) is 0. The molecule has 0 spiro atoms. The molecule has 0 atom stereocenters. The molecule has 0 saturated heterocycles. The van der Waals surface area contributed by atoms with Gasteiger partial charge in [0.25, 0.3) is 11.8 Å². The summed E-state index contributed by atoms with van der Waals surface area (Å²) in [5, 5.41) is 15.2. The number of rotatable bonds is 7. The van der Waals surface area contributed by atoms with Crippen LogP contribution in [0.3, 0.4) is 0 Å². The first kappa shape index (κ1) is 26.9. The standard InChI is InChI=1S/C33H29N5O4/c39-31(36-26-10-4-5-11-27(26)37-32(40)24-7-6-18-34-20-24)22-14-12-21(13-15-22)30-35-28-19-23(33(41)42)16-17-29(28)38(30)25-8-2-1-3-9-25/h4-7,10-20,25H,1-3,8-9H2,(H,36,39)(H,37,40)(H,41,42). The lowest BCUT2D eigenvalue weighted by Gasteiger charge is -2.25.